The molecule has 0 radical (unpaired) electrons. The fraction of sp³-hybridized carbons (Fsp3) is 0.412. The third kappa shape index (κ3) is 3.86. The van der Waals surface area contributed by atoms with Crippen LogP contribution >= 0.6 is 0 Å². The van der Waals surface area contributed by atoms with E-state index in [1.165, 1.54) is 11.1 Å². The van der Waals surface area contributed by atoms with Crippen LogP contribution < -0.4 is 11.3 Å². The summed E-state index contributed by atoms with van der Waals surface area (Å²) in [6.45, 7) is 6.21. The van der Waals surface area contributed by atoms with Gasteiger partial charge in [0.05, 0.1) is 17.4 Å². The summed E-state index contributed by atoms with van der Waals surface area (Å²) in [6, 6.07) is 10.9. The Hall–Kier alpha value is -1.78. The lowest BCUT2D eigenvalue weighted by atomic mass is 9.96. The lowest BCUT2D eigenvalue weighted by molar-refractivity contribution is 0.541. The molecule has 0 aliphatic rings. The van der Waals surface area contributed by atoms with Gasteiger partial charge < -0.3 is 0 Å². The van der Waals surface area contributed by atoms with Crippen molar-refractivity contribution in [1.29, 1.82) is 0 Å². The maximum atomic E-state index is 5.78. The lowest BCUT2D eigenvalue weighted by Crippen LogP contribution is -2.30. The number of hydrogen-bond acceptors (Lipinski definition) is 4. The van der Waals surface area contributed by atoms with Crippen LogP contribution in [0.5, 0.6) is 0 Å². The number of aryl methyl sites for hydroxylation is 3. The van der Waals surface area contributed by atoms with E-state index in [-0.39, 0.29) is 6.04 Å². The van der Waals surface area contributed by atoms with Gasteiger partial charge in [0.2, 0.25) is 0 Å². The fourth-order valence-corrected chi connectivity index (χ4v) is 2.52. The van der Waals surface area contributed by atoms with Gasteiger partial charge in [-0.15, -0.1) is 0 Å². The fourth-order valence-electron chi connectivity index (χ4n) is 2.52. The van der Waals surface area contributed by atoms with Crippen molar-refractivity contribution >= 4 is 0 Å². The third-order valence-electron chi connectivity index (χ3n) is 3.81. The van der Waals surface area contributed by atoms with Gasteiger partial charge in [-0.25, -0.2) is 0 Å². The van der Waals surface area contributed by atoms with Crippen molar-refractivity contribution in [2.45, 2.75) is 46.1 Å². The lowest BCUT2D eigenvalue weighted by Gasteiger charge is -2.19. The van der Waals surface area contributed by atoms with Crippen LogP contribution in [0.25, 0.3) is 0 Å². The van der Waals surface area contributed by atoms with Gasteiger partial charge in [0.25, 0.3) is 0 Å². The van der Waals surface area contributed by atoms with Gasteiger partial charge in [-0.1, -0.05) is 38.1 Å². The molecule has 3 N–H and O–H groups in total. The van der Waals surface area contributed by atoms with Crippen molar-refractivity contribution in [3.05, 3.63) is 58.4 Å². The number of nitrogens with zero attached hydrogens (tertiary/aromatic N) is 2. The summed E-state index contributed by atoms with van der Waals surface area (Å²) in [5.41, 5.74) is 8.63. The molecule has 21 heavy (non-hydrogen) atoms. The van der Waals surface area contributed by atoms with Crippen molar-refractivity contribution in [2.24, 2.45) is 5.84 Å². The quantitative estimate of drug-likeness (QED) is 0.632. The Balaban J connectivity index is 2.24. The van der Waals surface area contributed by atoms with E-state index in [0.717, 1.165) is 36.2 Å². The first-order valence-corrected chi connectivity index (χ1v) is 7.55. The van der Waals surface area contributed by atoms with Crippen molar-refractivity contribution in [3.8, 4) is 0 Å². The van der Waals surface area contributed by atoms with Crippen molar-refractivity contribution in [2.75, 3.05) is 0 Å². The molecule has 1 aromatic heterocycles. The Bertz CT molecular complexity index is 578. The predicted octanol–water partition coefficient (Wildman–Crippen LogP) is 2.66. The van der Waals surface area contributed by atoms with Gasteiger partial charge in [-0.05, 0) is 48.9 Å². The molecule has 0 saturated carbocycles. The van der Waals surface area contributed by atoms with E-state index in [0.29, 0.717) is 0 Å². The Kier molecular flexibility index (Phi) is 5.42. The van der Waals surface area contributed by atoms with Gasteiger partial charge >= 0.3 is 0 Å². The molecule has 2 rings (SSSR count). The van der Waals surface area contributed by atoms with Crippen LogP contribution in [0.1, 0.15) is 48.0 Å². The zero-order valence-corrected chi connectivity index (χ0v) is 13.1. The number of rotatable bonds is 6. The van der Waals surface area contributed by atoms with Gasteiger partial charge in [-0.2, -0.15) is 10.2 Å². The SMILES string of the molecule is CCc1ccc(CC(NN)c2cc(C)nnc2CC)cc1. The van der Waals surface area contributed by atoms with Gasteiger partial charge in [0, 0.05) is 0 Å². The Morgan fingerprint density at radius 2 is 1.71 bits per heavy atom. The number of hydrazine groups is 1. The molecule has 1 aromatic carbocycles. The molecule has 0 fully saturated rings. The Morgan fingerprint density at radius 1 is 1.05 bits per heavy atom. The highest BCUT2D eigenvalue weighted by Crippen LogP contribution is 2.21. The van der Waals surface area contributed by atoms with Crippen LogP contribution in [0.3, 0.4) is 0 Å². The third-order valence-corrected chi connectivity index (χ3v) is 3.81. The second kappa shape index (κ2) is 7.29. The molecule has 0 bridgehead atoms. The molecule has 0 aliphatic heterocycles. The van der Waals surface area contributed by atoms with E-state index < -0.39 is 0 Å². The number of aromatic nitrogens is 2. The Labute approximate surface area is 126 Å². The van der Waals surface area contributed by atoms with Gasteiger partial charge in [0.15, 0.2) is 0 Å². The minimum atomic E-state index is 0.0571. The van der Waals surface area contributed by atoms with Crippen LogP contribution in [0.2, 0.25) is 0 Å². The minimum absolute atomic E-state index is 0.0571. The first-order chi connectivity index (χ1) is 10.2. The monoisotopic (exact) mass is 284 g/mol. The van der Waals surface area contributed by atoms with Crippen LogP contribution in [-0.4, -0.2) is 10.2 Å². The second-order valence-corrected chi connectivity index (χ2v) is 5.33. The largest absolute Gasteiger partial charge is 0.271 e. The second-order valence-electron chi connectivity index (χ2n) is 5.33. The van der Waals surface area contributed by atoms with E-state index in [4.69, 9.17) is 5.84 Å². The molecule has 1 heterocycles. The highest BCUT2D eigenvalue weighted by atomic mass is 15.2. The van der Waals surface area contributed by atoms with E-state index in [9.17, 15) is 0 Å². The highest BCUT2D eigenvalue weighted by Gasteiger charge is 2.16. The number of hydrogen-bond donors (Lipinski definition) is 2. The summed E-state index contributed by atoms with van der Waals surface area (Å²) in [7, 11) is 0. The standard InChI is InChI=1S/C17H24N4/c1-4-13-6-8-14(9-7-13)11-17(19-18)15-10-12(3)20-21-16(15)5-2/h6-10,17,19H,4-5,11,18H2,1-3H3. The maximum absolute atomic E-state index is 5.78. The molecule has 0 aliphatic carbocycles. The average Bonchev–Trinajstić information content (AvgIpc) is 2.53. The van der Waals surface area contributed by atoms with Crippen LogP contribution in [0.4, 0.5) is 0 Å². The molecule has 0 amide bonds. The summed E-state index contributed by atoms with van der Waals surface area (Å²) in [4.78, 5) is 0. The van der Waals surface area contributed by atoms with E-state index >= 15 is 0 Å². The van der Waals surface area contributed by atoms with E-state index in [1.807, 2.05) is 6.92 Å². The topological polar surface area (TPSA) is 63.8 Å². The molecular formula is C17H24N4. The first-order valence-electron chi connectivity index (χ1n) is 7.55. The van der Waals surface area contributed by atoms with Crippen molar-refractivity contribution in [1.82, 2.24) is 15.6 Å². The molecule has 4 nitrogen and oxygen atoms in total. The van der Waals surface area contributed by atoms with Gasteiger partial charge in [-0.3, -0.25) is 11.3 Å². The maximum Gasteiger partial charge on any atom is 0.0676 e. The van der Waals surface area contributed by atoms with Crippen LogP contribution in [-0.2, 0) is 19.3 Å². The summed E-state index contributed by atoms with van der Waals surface area (Å²) < 4.78 is 0. The first kappa shape index (κ1) is 15.6. The minimum Gasteiger partial charge on any atom is -0.271 e. The summed E-state index contributed by atoms with van der Waals surface area (Å²) >= 11 is 0. The average molecular weight is 284 g/mol. The van der Waals surface area contributed by atoms with Gasteiger partial charge in [0.1, 0.15) is 0 Å². The van der Waals surface area contributed by atoms with Crippen molar-refractivity contribution < 1.29 is 0 Å². The number of benzene rings is 1. The zero-order valence-electron chi connectivity index (χ0n) is 13.1. The molecule has 4 heteroatoms. The van der Waals surface area contributed by atoms with E-state index in [2.05, 4.69) is 59.8 Å². The summed E-state index contributed by atoms with van der Waals surface area (Å²) in [5.74, 6) is 5.78. The molecule has 112 valence electrons. The molecule has 0 saturated heterocycles. The molecule has 2 aromatic rings. The smallest absolute Gasteiger partial charge is 0.0676 e. The van der Waals surface area contributed by atoms with Crippen LogP contribution in [0, 0.1) is 6.92 Å². The number of nitrogens with one attached hydrogen (secondary N) is 1. The zero-order chi connectivity index (χ0) is 15.2. The highest BCUT2D eigenvalue weighted by molar-refractivity contribution is 5.29. The summed E-state index contributed by atoms with van der Waals surface area (Å²) in [5, 5.41) is 8.43. The normalized spacial score (nSPS) is 12.4. The van der Waals surface area contributed by atoms with E-state index in [1.54, 1.807) is 0 Å². The number of nitrogens with two attached hydrogens (primary N) is 1. The van der Waals surface area contributed by atoms with Crippen molar-refractivity contribution in [3.63, 3.8) is 0 Å². The summed E-state index contributed by atoms with van der Waals surface area (Å²) in [6.07, 6.45) is 2.76. The molecular weight excluding hydrogens is 260 g/mol. The molecule has 1 atom stereocenters. The molecule has 0 spiro atoms. The van der Waals surface area contributed by atoms with Crippen LogP contribution in [0.15, 0.2) is 30.3 Å². The molecule has 1 unspecified atom stereocenters. The Morgan fingerprint density at radius 3 is 2.29 bits per heavy atom. The predicted molar refractivity (Wildman–Crippen MR) is 85.7 cm³/mol.